The molecule has 1 amide bonds. The highest BCUT2D eigenvalue weighted by Gasteiger charge is 2.30. The fraction of sp³-hybridized carbons (Fsp3) is 0.286. The molecule has 164 valence electrons. The minimum Gasteiger partial charge on any atom is -0.349 e. The Morgan fingerprint density at radius 3 is 2.61 bits per heavy atom. The maximum Gasteiger partial charge on any atom is 0.416 e. The van der Waals surface area contributed by atoms with Crippen LogP contribution in [0.25, 0.3) is 5.69 Å². The molecule has 0 saturated heterocycles. The molecule has 3 rings (SSSR count). The molecule has 2 heterocycles. The Morgan fingerprint density at radius 2 is 2.00 bits per heavy atom. The van der Waals surface area contributed by atoms with Crippen molar-refractivity contribution in [3.63, 3.8) is 0 Å². The fourth-order valence-electron chi connectivity index (χ4n) is 3.12. The van der Waals surface area contributed by atoms with E-state index < -0.39 is 23.1 Å². The van der Waals surface area contributed by atoms with Crippen LogP contribution < -0.4 is 10.7 Å². The number of nitrogens with zero attached hydrogens (tertiary/aromatic N) is 3. The first-order chi connectivity index (χ1) is 14.6. The second-order valence-electron chi connectivity index (χ2n) is 7.20. The number of halogens is 3. The zero-order valence-electron chi connectivity index (χ0n) is 17.1. The number of aromatic nitrogens is 2. The highest BCUT2D eigenvalue weighted by atomic mass is 32.1. The van der Waals surface area contributed by atoms with Crippen molar-refractivity contribution in [1.29, 1.82) is 0 Å². The van der Waals surface area contributed by atoms with Crippen LogP contribution in [0.1, 0.15) is 33.4 Å². The van der Waals surface area contributed by atoms with Gasteiger partial charge in [0.25, 0.3) is 5.91 Å². The molecule has 31 heavy (non-hydrogen) atoms. The predicted octanol–water partition coefficient (Wildman–Crippen LogP) is 3.65. The molecule has 3 aromatic rings. The monoisotopic (exact) mass is 450 g/mol. The van der Waals surface area contributed by atoms with Gasteiger partial charge in [0.15, 0.2) is 5.69 Å². The molecule has 0 aliphatic rings. The molecule has 0 aliphatic carbocycles. The van der Waals surface area contributed by atoms with Crippen LogP contribution >= 0.6 is 11.3 Å². The van der Waals surface area contributed by atoms with Crippen molar-refractivity contribution in [3.05, 3.63) is 79.9 Å². The lowest BCUT2D eigenvalue weighted by Gasteiger charge is -2.24. The normalized spacial score (nSPS) is 12.7. The van der Waals surface area contributed by atoms with Gasteiger partial charge in [-0.25, -0.2) is 4.68 Å². The highest BCUT2D eigenvalue weighted by Crippen LogP contribution is 2.30. The van der Waals surface area contributed by atoms with Gasteiger partial charge in [0, 0.05) is 18.3 Å². The quantitative estimate of drug-likeness (QED) is 0.623. The van der Waals surface area contributed by atoms with Crippen LogP contribution in [-0.4, -0.2) is 41.2 Å². The minimum absolute atomic E-state index is 0.103. The van der Waals surface area contributed by atoms with Crippen molar-refractivity contribution in [3.8, 4) is 5.69 Å². The molecule has 0 spiro atoms. The summed E-state index contributed by atoms with van der Waals surface area (Å²) in [6.45, 7) is 1.77. The summed E-state index contributed by atoms with van der Waals surface area (Å²) >= 11 is 1.54. The van der Waals surface area contributed by atoms with Crippen molar-refractivity contribution in [1.82, 2.24) is 20.0 Å². The van der Waals surface area contributed by atoms with Crippen LogP contribution in [0.3, 0.4) is 0 Å². The van der Waals surface area contributed by atoms with Crippen LogP contribution in [0.4, 0.5) is 13.2 Å². The Kier molecular flexibility index (Phi) is 6.61. The standard InChI is InChI=1S/C21H21F3N4O2S/c1-13-9-18(29)19(20(30)25-11-17(27(2)3)14-7-8-31-12-14)26-28(13)16-6-4-5-15(10-16)21(22,23)24/h4-10,12,17H,11H2,1-3H3,(H,25,30). The number of hydrogen-bond donors (Lipinski definition) is 1. The number of alkyl halides is 3. The van der Waals surface area contributed by atoms with Crippen molar-refractivity contribution in [2.75, 3.05) is 20.6 Å². The average Bonchev–Trinajstić information content (AvgIpc) is 3.21. The van der Waals surface area contributed by atoms with Gasteiger partial charge in [-0.15, -0.1) is 0 Å². The molecule has 1 atom stereocenters. The summed E-state index contributed by atoms with van der Waals surface area (Å²) < 4.78 is 40.4. The van der Waals surface area contributed by atoms with E-state index in [1.165, 1.54) is 36.5 Å². The molecule has 0 aliphatic heterocycles. The second kappa shape index (κ2) is 9.03. The third kappa shape index (κ3) is 5.20. The maximum atomic E-state index is 13.1. The molecule has 1 unspecified atom stereocenters. The minimum atomic E-state index is -4.52. The number of likely N-dealkylation sites (N-methyl/N-ethyl adjacent to an activating group) is 1. The zero-order valence-corrected chi connectivity index (χ0v) is 17.9. The van der Waals surface area contributed by atoms with Crippen LogP contribution in [0.15, 0.2) is 52.0 Å². The molecule has 1 aromatic carbocycles. The lowest BCUT2D eigenvalue weighted by molar-refractivity contribution is -0.137. The van der Waals surface area contributed by atoms with Crippen LogP contribution in [-0.2, 0) is 6.18 Å². The summed E-state index contributed by atoms with van der Waals surface area (Å²) in [7, 11) is 3.75. The van der Waals surface area contributed by atoms with Gasteiger partial charge in [-0.05, 0) is 61.6 Å². The lowest BCUT2D eigenvalue weighted by atomic mass is 10.1. The number of rotatable bonds is 6. The number of thiophene rings is 1. The van der Waals surface area contributed by atoms with Gasteiger partial charge in [-0.3, -0.25) is 9.59 Å². The molecule has 0 fully saturated rings. The predicted molar refractivity (Wildman–Crippen MR) is 113 cm³/mol. The number of nitrogens with one attached hydrogen (secondary N) is 1. The number of amides is 1. The molecule has 1 N–H and O–H groups in total. The number of aryl methyl sites for hydroxylation is 1. The molecule has 0 radical (unpaired) electrons. The van der Waals surface area contributed by atoms with Gasteiger partial charge in [0.2, 0.25) is 5.43 Å². The zero-order chi connectivity index (χ0) is 22.8. The summed E-state index contributed by atoms with van der Waals surface area (Å²) in [5, 5.41) is 10.7. The van der Waals surface area contributed by atoms with Crippen LogP contribution in [0.5, 0.6) is 0 Å². The van der Waals surface area contributed by atoms with Gasteiger partial charge in [-0.2, -0.15) is 29.6 Å². The Balaban J connectivity index is 1.89. The van der Waals surface area contributed by atoms with E-state index >= 15 is 0 Å². The van der Waals surface area contributed by atoms with Gasteiger partial charge >= 0.3 is 6.18 Å². The van der Waals surface area contributed by atoms with E-state index in [4.69, 9.17) is 0 Å². The smallest absolute Gasteiger partial charge is 0.349 e. The van der Waals surface area contributed by atoms with Crippen LogP contribution in [0, 0.1) is 6.92 Å². The van der Waals surface area contributed by atoms with E-state index in [0.717, 1.165) is 22.4 Å². The van der Waals surface area contributed by atoms with Gasteiger partial charge in [0.05, 0.1) is 17.3 Å². The maximum absolute atomic E-state index is 13.1. The molecule has 2 aromatic heterocycles. The third-order valence-corrected chi connectivity index (χ3v) is 5.45. The molecule has 0 bridgehead atoms. The van der Waals surface area contributed by atoms with Crippen molar-refractivity contribution in [2.24, 2.45) is 0 Å². The highest BCUT2D eigenvalue weighted by molar-refractivity contribution is 7.07. The van der Waals surface area contributed by atoms with E-state index in [1.54, 1.807) is 0 Å². The van der Waals surface area contributed by atoms with E-state index in [-0.39, 0.29) is 24.0 Å². The summed E-state index contributed by atoms with van der Waals surface area (Å²) in [6, 6.07) is 7.58. The Labute approximate surface area is 180 Å². The molecule has 0 saturated carbocycles. The van der Waals surface area contributed by atoms with Gasteiger partial charge in [-0.1, -0.05) is 6.07 Å². The summed E-state index contributed by atoms with van der Waals surface area (Å²) in [5.41, 5.74) is -0.397. The third-order valence-electron chi connectivity index (χ3n) is 4.75. The Bertz CT molecular complexity index is 1120. The number of carbonyl (C=O) groups excluding carboxylic acids is 1. The average molecular weight is 450 g/mol. The Morgan fingerprint density at radius 1 is 1.26 bits per heavy atom. The summed E-state index contributed by atoms with van der Waals surface area (Å²) in [4.78, 5) is 27.0. The Hall–Kier alpha value is -2.98. The summed E-state index contributed by atoms with van der Waals surface area (Å²) in [6.07, 6.45) is -4.52. The first-order valence-electron chi connectivity index (χ1n) is 9.33. The van der Waals surface area contributed by atoms with E-state index in [2.05, 4.69) is 10.4 Å². The first-order valence-corrected chi connectivity index (χ1v) is 10.3. The van der Waals surface area contributed by atoms with Crippen molar-refractivity contribution >= 4 is 17.2 Å². The molecular weight excluding hydrogens is 429 g/mol. The first kappa shape index (κ1) is 22.7. The van der Waals surface area contributed by atoms with Crippen molar-refractivity contribution < 1.29 is 18.0 Å². The van der Waals surface area contributed by atoms with E-state index in [0.29, 0.717) is 5.69 Å². The second-order valence-corrected chi connectivity index (χ2v) is 7.98. The number of hydrogen-bond acceptors (Lipinski definition) is 5. The molecule has 6 nitrogen and oxygen atoms in total. The number of carbonyl (C=O) groups is 1. The lowest BCUT2D eigenvalue weighted by Crippen LogP contribution is -2.37. The largest absolute Gasteiger partial charge is 0.416 e. The van der Waals surface area contributed by atoms with Gasteiger partial charge in [0.1, 0.15) is 0 Å². The summed E-state index contributed by atoms with van der Waals surface area (Å²) in [5.74, 6) is -0.687. The van der Waals surface area contributed by atoms with Gasteiger partial charge < -0.3 is 10.2 Å². The fourth-order valence-corrected chi connectivity index (χ4v) is 3.82. The molecular formula is C21H21F3N4O2S. The van der Waals surface area contributed by atoms with Crippen molar-refractivity contribution in [2.45, 2.75) is 19.1 Å². The molecule has 10 heteroatoms. The SMILES string of the molecule is Cc1cc(=O)c(C(=O)NCC(c2ccsc2)N(C)C)nn1-c1cccc(C(F)(F)F)c1. The topological polar surface area (TPSA) is 67.2 Å². The van der Waals surface area contributed by atoms with E-state index in [9.17, 15) is 22.8 Å². The van der Waals surface area contributed by atoms with E-state index in [1.807, 2.05) is 35.8 Å². The number of benzene rings is 1. The van der Waals surface area contributed by atoms with Crippen LogP contribution in [0.2, 0.25) is 0 Å².